The summed E-state index contributed by atoms with van der Waals surface area (Å²) in [6, 6.07) is 4.49. The molecule has 0 aliphatic rings. The average molecular weight is 252 g/mol. The Morgan fingerprint density at radius 2 is 2.31 bits per heavy atom. The van der Waals surface area contributed by atoms with Gasteiger partial charge in [-0.1, -0.05) is 6.07 Å². The van der Waals surface area contributed by atoms with E-state index in [1.807, 2.05) is 6.92 Å². The molecule has 0 aliphatic heterocycles. The maximum atomic E-state index is 6.10. The van der Waals surface area contributed by atoms with Crippen molar-refractivity contribution < 1.29 is 0 Å². The highest BCUT2D eigenvalue weighted by Gasteiger charge is 2.07. The Hall–Kier alpha value is -0.710. The van der Waals surface area contributed by atoms with E-state index in [-0.39, 0.29) is 6.04 Å². The standard InChI is InChI=1S/C12H16N2S2/c1-9-14-11(8-16-9)7-10(13)4-5-12-3-2-6-15-12/h2-3,6,8,10H,4-5,7,13H2,1H3. The quantitative estimate of drug-likeness (QED) is 0.888. The average Bonchev–Trinajstić information content (AvgIpc) is 2.87. The fraction of sp³-hybridized carbons (Fsp3) is 0.417. The minimum absolute atomic E-state index is 0.226. The first-order chi connectivity index (χ1) is 7.74. The fourth-order valence-corrected chi connectivity index (χ4v) is 3.01. The van der Waals surface area contributed by atoms with Gasteiger partial charge in [0.1, 0.15) is 0 Å². The SMILES string of the molecule is Cc1nc(CC(N)CCc2cccs2)cs1. The molecular weight excluding hydrogens is 236 g/mol. The minimum Gasteiger partial charge on any atom is -0.327 e. The molecule has 1 unspecified atom stereocenters. The molecule has 0 bridgehead atoms. The number of thiophene rings is 1. The number of rotatable bonds is 5. The van der Waals surface area contributed by atoms with Crippen LogP contribution in [0.4, 0.5) is 0 Å². The van der Waals surface area contributed by atoms with Gasteiger partial charge in [0.2, 0.25) is 0 Å². The molecule has 0 aromatic carbocycles. The maximum absolute atomic E-state index is 6.10. The highest BCUT2D eigenvalue weighted by Crippen LogP contribution is 2.14. The lowest BCUT2D eigenvalue weighted by Crippen LogP contribution is -2.23. The van der Waals surface area contributed by atoms with Crippen LogP contribution in [0, 0.1) is 6.92 Å². The second-order valence-corrected chi connectivity index (χ2v) is 6.03. The number of hydrogen-bond donors (Lipinski definition) is 1. The predicted octanol–water partition coefficient (Wildman–Crippen LogP) is 3.02. The maximum Gasteiger partial charge on any atom is 0.0897 e. The van der Waals surface area contributed by atoms with Crippen molar-refractivity contribution in [3.8, 4) is 0 Å². The lowest BCUT2D eigenvalue weighted by atomic mass is 10.1. The first kappa shape index (κ1) is 11.8. The molecule has 0 amide bonds. The van der Waals surface area contributed by atoms with E-state index in [1.165, 1.54) is 4.88 Å². The molecule has 0 saturated heterocycles. The van der Waals surface area contributed by atoms with E-state index in [1.54, 1.807) is 22.7 Å². The zero-order valence-electron chi connectivity index (χ0n) is 9.35. The Balaban J connectivity index is 1.78. The van der Waals surface area contributed by atoms with Crippen LogP contribution in [0.2, 0.25) is 0 Å². The van der Waals surface area contributed by atoms with Crippen LogP contribution in [-0.2, 0) is 12.8 Å². The molecule has 4 heteroatoms. The third kappa shape index (κ3) is 3.40. The van der Waals surface area contributed by atoms with Gasteiger partial charge in [-0.05, 0) is 31.2 Å². The van der Waals surface area contributed by atoms with Gasteiger partial charge in [0.15, 0.2) is 0 Å². The molecule has 2 aromatic heterocycles. The van der Waals surface area contributed by atoms with Crippen LogP contribution in [0.1, 0.15) is 22.0 Å². The number of nitrogens with two attached hydrogens (primary N) is 1. The number of aryl methyl sites for hydroxylation is 2. The summed E-state index contributed by atoms with van der Waals surface area (Å²) in [7, 11) is 0. The Kier molecular flexibility index (Phi) is 4.09. The molecule has 86 valence electrons. The van der Waals surface area contributed by atoms with Crippen molar-refractivity contribution in [1.82, 2.24) is 4.98 Å². The number of aromatic nitrogens is 1. The summed E-state index contributed by atoms with van der Waals surface area (Å²) in [6.45, 7) is 2.03. The summed E-state index contributed by atoms with van der Waals surface area (Å²) >= 11 is 3.50. The number of nitrogens with zero attached hydrogens (tertiary/aromatic N) is 1. The number of thiazole rings is 1. The van der Waals surface area contributed by atoms with Crippen LogP contribution in [0.15, 0.2) is 22.9 Å². The second kappa shape index (κ2) is 5.57. The number of hydrogen-bond acceptors (Lipinski definition) is 4. The molecular formula is C12H16N2S2. The molecule has 0 radical (unpaired) electrons. The van der Waals surface area contributed by atoms with E-state index >= 15 is 0 Å². The van der Waals surface area contributed by atoms with Gasteiger partial charge in [0, 0.05) is 22.7 Å². The van der Waals surface area contributed by atoms with Gasteiger partial charge < -0.3 is 5.73 Å². The first-order valence-electron chi connectivity index (χ1n) is 5.43. The lowest BCUT2D eigenvalue weighted by Gasteiger charge is -2.08. The summed E-state index contributed by atoms with van der Waals surface area (Å²) < 4.78 is 0. The third-order valence-electron chi connectivity index (χ3n) is 2.48. The molecule has 1 atom stereocenters. The molecule has 0 spiro atoms. The van der Waals surface area contributed by atoms with Crippen molar-refractivity contribution in [2.75, 3.05) is 0 Å². The summed E-state index contributed by atoms with van der Waals surface area (Å²) in [5.41, 5.74) is 7.24. The van der Waals surface area contributed by atoms with Crippen LogP contribution in [0.3, 0.4) is 0 Å². The Morgan fingerprint density at radius 1 is 1.44 bits per heavy atom. The summed E-state index contributed by atoms with van der Waals surface area (Å²) in [5.74, 6) is 0. The van der Waals surface area contributed by atoms with Crippen molar-refractivity contribution in [3.63, 3.8) is 0 Å². The van der Waals surface area contributed by atoms with Crippen LogP contribution in [0.5, 0.6) is 0 Å². The fourth-order valence-electron chi connectivity index (χ4n) is 1.66. The van der Waals surface area contributed by atoms with Crippen LogP contribution < -0.4 is 5.73 Å². The normalized spacial score (nSPS) is 12.9. The highest BCUT2D eigenvalue weighted by molar-refractivity contribution is 7.10. The second-order valence-electron chi connectivity index (χ2n) is 3.94. The molecule has 2 nitrogen and oxygen atoms in total. The molecule has 0 saturated carbocycles. The van der Waals surface area contributed by atoms with Gasteiger partial charge in [-0.25, -0.2) is 4.98 Å². The Bertz CT molecular complexity index is 420. The van der Waals surface area contributed by atoms with E-state index in [0.717, 1.165) is 30.0 Å². The highest BCUT2D eigenvalue weighted by atomic mass is 32.1. The molecule has 2 N–H and O–H groups in total. The monoisotopic (exact) mass is 252 g/mol. The Morgan fingerprint density at radius 3 is 2.94 bits per heavy atom. The van der Waals surface area contributed by atoms with Crippen LogP contribution >= 0.6 is 22.7 Å². The minimum atomic E-state index is 0.226. The van der Waals surface area contributed by atoms with E-state index in [9.17, 15) is 0 Å². The van der Waals surface area contributed by atoms with Crippen molar-refractivity contribution >= 4 is 22.7 Å². The Labute approximate surface area is 104 Å². The molecule has 2 heterocycles. The zero-order chi connectivity index (χ0) is 11.4. The smallest absolute Gasteiger partial charge is 0.0897 e. The summed E-state index contributed by atoms with van der Waals surface area (Å²) in [6.07, 6.45) is 3.02. The zero-order valence-corrected chi connectivity index (χ0v) is 11.0. The summed E-state index contributed by atoms with van der Waals surface area (Å²) in [4.78, 5) is 5.86. The molecule has 2 rings (SSSR count). The van der Waals surface area contributed by atoms with Gasteiger partial charge in [-0.2, -0.15) is 0 Å². The van der Waals surface area contributed by atoms with E-state index in [0.29, 0.717) is 0 Å². The molecule has 16 heavy (non-hydrogen) atoms. The first-order valence-corrected chi connectivity index (χ1v) is 7.19. The molecule has 0 aliphatic carbocycles. The van der Waals surface area contributed by atoms with Gasteiger partial charge in [0.25, 0.3) is 0 Å². The lowest BCUT2D eigenvalue weighted by molar-refractivity contribution is 0.607. The topological polar surface area (TPSA) is 38.9 Å². The largest absolute Gasteiger partial charge is 0.327 e. The third-order valence-corrected chi connectivity index (χ3v) is 4.24. The van der Waals surface area contributed by atoms with Gasteiger partial charge >= 0.3 is 0 Å². The molecule has 0 fully saturated rings. The van der Waals surface area contributed by atoms with Crippen molar-refractivity contribution in [2.45, 2.75) is 32.2 Å². The van der Waals surface area contributed by atoms with Crippen molar-refractivity contribution in [3.05, 3.63) is 38.5 Å². The predicted molar refractivity (Wildman–Crippen MR) is 71.2 cm³/mol. The van der Waals surface area contributed by atoms with Crippen LogP contribution in [-0.4, -0.2) is 11.0 Å². The van der Waals surface area contributed by atoms with Gasteiger partial charge in [-0.3, -0.25) is 0 Å². The van der Waals surface area contributed by atoms with E-state index in [4.69, 9.17) is 5.73 Å². The van der Waals surface area contributed by atoms with Gasteiger partial charge in [-0.15, -0.1) is 22.7 Å². The van der Waals surface area contributed by atoms with E-state index in [2.05, 4.69) is 27.9 Å². The van der Waals surface area contributed by atoms with Gasteiger partial charge in [0.05, 0.1) is 10.7 Å². The van der Waals surface area contributed by atoms with Crippen LogP contribution in [0.25, 0.3) is 0 Å². The van der Waals surface area contributed by atoms with E-state index < -0.39 is 0 Å². The summed E-state index contributed by atoms with van der Waals surface area (Å²) in [5, 5.41) is 5.35. The van der Waals surface area contributed by atoms with Crippen molar-refractivity contribution in [2.24, 2.45) is 5.73 Å². The van der Waals surface area contributed by atoms with Crippen molar-refractivity contribution in [1.29, 1.82) is 0 Å². The molecule has 2 aromatic rings.